The van der Waals surface area contributed by atoms with E-state index in [1.54, 1.807) is 11.5 Å². The zero-order valence-electron chi connectivity index (χ0n) is 25.4. The molecule has 2 atom stereocenters. The molecule has 0 fully saturated rings. The third kappa shape index (κ3) is 5.20. The van der Waals surface area contributed by atoms with Crippen LogP contribution in [0.15, 0.2) is 35.3 Å². The second kappa shape index (κ2) is 11.4. The van der Waals surface area contributed by atoms with Gasteiger partial charge in [-0.3, -0.25) is 19.2 Å². The topological polar surface area (TPSA) is 138 Å². The fourth-order valence-corrected chi connectivity index (χ4v) is 6.22. The standard InChI is InChI=1S/C33H36N4O7/c1-6-19-21-10-26-30-23(13-37(26)32(40)24(21)14-42-33(19)41)20(22-11-27-28(44-15-43-27)12-25(22)36-30)8-7-17(4)34-31(39)18(5)35-29(38)9-16(2)3/h10-12,16,18-19H,4,6-9,13-15H2,1-3,5H3,(H,34,39)(H,35,38)/t18-,19+/m0/s1. The Balaban J connectivity index is 1.33. The number of ether oxygens (including phenoxy) is 3. The summed E-state index contributed by atoms with van der Waals surface area (Å²) in [5.41, 5.74) is 5.40. The first-order valence-electron chi connectivity index (χ1n) is 15.0. The number of fused-ring (bicyclic) bond motifs is 6. The maximum Gasteiger partial charge on any atom is 0.313 e. The lowest BCUT2D eigenvalue weighted by Crippen LogP contribution is -2.44. The Bertz CT molecular complexity index is 1790. The zero-order valence-corrected chi connectivity index (χ0v) is 25.4. The molecule has 2 amide bonds. The maximum atomic E-state index is 13.7. The van der Waals surface area contributed by atoms with Crippen molar-refractivity contribution in [2.45, 2.75) is 78.5 Å². The molecule has 2 aromatic heterocycles. The molecule has 44 heavy (non-hydrogen) atoms. The Morgan fingerprint density at radius 1 is 1.09 bits per heavy atom. The highest BCUT2D eigenvalue weighted by Crippen LogP contribution is 2.43. The van der Waals surface area contributed by atoms with Crippen molar-refractivity contribution in [1.82, 2.24) is 20.2 Å². The first-order valence-corrected chi connectivity index (χ1v) is 15.0. The van der Waals surface area contributed by atoms with Gasteiger partial charge in [0.15, 0.2) is 11.5 Å². The minimum absolute atomic E-state index is 0.0420. The van der Waals surface area contributed by atoms with Gasteiger partial charge >= 0.3 is 5.97 Å². The van der Waals surface area contributed by atoms with Crippen molar-refractivity contribution in [1.29, 1.82) is 0 Å². The number of esters is 1. The summed E-state index contributed by atoms with van der Waals surface area (Å²) in [5.74, 6) is 0.0533. The van der Waals surface area contributed by atoms with Crippen molar-refractivity contribution in [2.75, 3.05) is 6.79 Å². The molecule has 3 aromatic rings. The molecular weight excluding hydrogens is 564 g/mol. The van der Waals surface area contributed by atoms with Crippen LogP contribution in [0.1, 0.15) is 75.1 Å². The van der Waals surface area contributed by atoms with Crippen LogP contribution in [0.4, 0.5) is 0 Å². The van der Waals surface area contributed by atoms with Gasteiger partial charge in [-0.05, 0) is 55.4 Å². The van der Waals surface area contributed by atoms with Crippen LogP contribution in [0.3, 0.4) is 0 Å². The van der Waals surface area contributed by atoms with Crippen LogP contribution in [0, 0.1) is 5.92 Å². The molecule has 1 aromatic carbocycles. The van der Waals surface area contributed by atoms with Gasteiger partial charge in [-0.15, -0.1) is 0 Å². The third-order valence-electron chi connectivity index (χ3n) is 8.46. The highest BCUT2D eigenvalue weighted by molar-refractivity contribution is 5.91. The van der Waals surface area contributed by atoms with Crippen molar-refractivity contribution < 1.29 is 28.6 Å². The Labute approximate surface area is 254 Å². The van der Waals surface area contributed by atoms with E-state index >= 15 is 0 Å². The number of carbonyl (C=O) groups is 3. The van der Waals surface area contributed by atoms with E-state index in [-0.39, 0.29) is 42.7 Å². The van der Waals surface area contributed by atoms with Gasteiger partial charge in [0.05, 0.1) is 34.9 Å². The zero-order chi connectivity index (χ0) is 31.3. The van der Waals surface area contributed by atoms with E-state index < -0.39 is 12.0 Å². The van der Waals surface area contributed by atoms with Gasteiger partial charge < -0.3 is 29.4 Å². The van der Waals surface area contributed by atoms with Crippen molar-refractivity contribution in [3.8, 4) is 22.9 Å². The molecule has 3 aliphatic rings. The number of hydrogen-bond donors (Lipinski definition) is 2. The molecule has 3 aliphatic heterocycles. The van der Waals surface area contributed by atoms with Crippen LogP contribution in [0.5, 0.6) is 11.5 Å². The number of aryl methyl sites for hydroxylation is 1. The average Bonchev–Trinajstić information content (AvgIpc) is 3.58. The van der Waals surface area contributed by atoms with Crippen LogP contribution in [0.25, 0.3) is 22.3 Å². The first kappa shape index (κ1) is 29.4. The van der Waals surface area contributed by atoms with E-state index in [0.29, 0.717) is 77.5 Å². The summed E-state index contributed by atoms with van der Waals surface area (Å²) in [6.07, 6.45) is 1.78. The van der Waals surface area contributed by atoms with Gasteiger partial charge in [0, 0.05) is 29.1 Å². The van der Waals surface area contributed by atoms with Crippen LogP contribution >= 0.6 is 0 Å². The number of nitrogens with one attached hydrogen (secondary N) is 2. The molecular formula is C33H36N4O7. The van der Waals surface area contributed by atoms with E-state index in [4.69, 9.17) is 19.2 Å². The normalized spacial score (nSPS) is 16.7. The SMILES string of the molecule is C=C(CCc1c2c(nc3cc4c(cc13)OCO4)-c1cc3c(c(=O)n1C2)COC(=O)[C@@H]3CC)NC(=O)[C@H](C)NC(=O)CC(C)C. The summed E-state index contributed by atoms with van der Waals surface area (Å²) in [4.78, 5) is 56.2. The Hall–Kier alpha value is -4.67. The lowest BCUT2D eigenvalue weighted by molar-refractivity contribution is -0.148. The van der Waals surface area contributed by atoms with Gasteiger partial charge in [0.2, 0.25) is 18.6 Å². The first-order chi connectivity index (χ1) is 21.0. The van der Waals surface area contributed by atoms with Crippen LogP contribution in [-0.2, 0) is 38.7 Å². The van der Waals surface area contributed by atoms with E-state index in [9.17, 15) is 19.2 Å². The number of carbonyl (C=O) groups excluding carboxylic acids is 3. The summed E-state index contributed by atoms with van der Waals surface area (Å²) >= 11 is 0. The van der Waals surface area contributed by atoms with Crippen molar-refractivity contribution in [3.05, 3.63) is 63.1 Å². The average molecular weight is 601 g/mol. The predicted molar refractivity (Wildman–Crippen MR) is 162 cm³/mol. The quantitative estimate of drug-likeness (QED) is 0.277. The molecule has 11 heteroatoms. The number of allylic oxidation sites excluding steroid dienone is 1. The Kier molecular flexibility index (Phi) is 7.65. The molecule has 11 nitrogen and oxygen atoms in total. The van der Waals surface area contributed by atoms with Gasteiger partial charge in [-0.25, -0.2) is 4.98 Å². The van der Waals surface area contributed by atoms with Crippen LogP contribution in [0.2, 0.25) is 0 Å². The van der Waals surface area contributed by atoms with Gasteiger partial charge in [-0.1, -0.05) is 27.4 Å². The van der Waals surface area contributed by atoms with Crippen molar-refractivity contribution in [2.24, 2.45) is 5.92 Å². The molecule has 0 saturated carbocycles. The summed E-state index contributed by atoms with van der Waals surface area (Å²) in [7, 11) is 0. The molecule has 0 bridgehead atoms. The number of aromatic nitrogens is 2. The monoisotopic (exact) mass is 600 g/mol. The lowest BCUT2D eigenvalue weighted by atomic mass is 9.90. The third-order valence-corrected chi connectivity index (χ3v) is 8.46. The van der Waals surface area contributed by atoms with E-state index in [2.05, 4.69) is 17.2 Å². The van der Waals surface area contributed by atoms with Gasteiger partial charge in [0.25, 0.3) is 5.56 Å². The van der Waals surface area contributed by atoms with Crippen molar-refractivity contribution >= 4 is 28.7 Å². The molecule has 0 radical (unpaired) electrons. The van der Waals surface area contributed by atoms with E-state index in [1.165, 1.54) is 0 Å². The molecule has 5 heterocycles. The van der Waals surface area contributed by atoms with E-state index in [0.717, 1.165) is 16.5 Å². The summed E-state index contributed by atoms with van der Waals surface area (Å²) in [6.45, 7) is 11.9. The summed E-state index contributed by atoms with van der Waals surface area (Å²) < 4.78 is 18.3. The number of benzene rings is 1. The minimum atomic E-state index is -0.709. The largest absolute Gasteiger partial charge is 0.460 e. The molecule has 0 unspecified atom stereocenters. The fraction of sp³-hybridized carbons (Fsp3) is 0.424. The maximum absolute atomic E-state index is 13.7. The second-order valence-corrected chi connectivity index (χ2v) is 12.0. The van der Waals surface area contributed by atoms with Crippen LogP contribution in [-0.4, -0.2) is 40.2 Å². The van der Waals surface area contributed by atoms with Gasteiger partial charge in [0.1, 0.15) is 12.6 Å². The predicted octanol–water partition coefficient (Wildman–Crippen LogP) is 3.82. The molecule has 230 valence electrons. The highest BCUT2D eigenvalue weighted by atomic mass is 16.7. The van der Waals surface area contributed by atoms with Crippen LogP contribution < -0.4 is 25.7 Å². The number of pyridine rings is 2. The van der Waals surface area contributed by atoms with Crippen molar-refractivity contribution in [3.63, 3.8) is 0 Å². The second-order valence-electron chi connectivity index (χ2n) is 12.0. The highest BCUT2D eigenvalue weighted by Gasteiger charge is 2.35. The smallest absolute Gasteiger partial charge is 0.313 e. The van der Waals surface area contributed by atoms with E-state index in [1.807, 2.05) is 39.0 Å². The number of cyclic esters (lactones) is 1. The Morgan fingerprint density at radius 2 is 1.84 bits per heavy atom. The molecule has 6 rings (SSSR count). The summed E-state index contributed by atoms with van der Waals surface area (Å²) in [6, 6.07) is 4.95. The number of rotatable bonds is 9. The molecule has 0 spiro atoms. The Morgan fingerprint density at radius 3 is 2.57 bits per heavy atom. The number of nitrogens with zero attached hydrogens (tertiary/aromatic N) is 2. The fourth-order valence-electron chi connectivity index (χ4n) is 6.22. The summed E-state index contributed by atoms with van der Waals surface area (Å²) in [5, 5.41) is 6.43. The van der Waals surface area contributed by atoms with Gasteiger partial charge in [-0.2, -0.15) is 0 Å². The number of amides is 2. The molecule has 0 aliphatic carbocycles. The molecule has 2 N–H and O–H groups in total. The lowest BCUT2D eigenvalue weighted by Gasteiger charge is -2.24. The molecule has 0 saturated heterocycles. The number of hydrogen-bond acceptors (Lipinski definition) is 8. The minimum Gasteiger partial charge on any atom is -0.460 e.